The van der Waals surface area contributed by atoms with E-state index in [4.69, 9.17) is 5.73 Å². The Morgan fingerprint density at radius 2 is 1.23 bits per heavy atom. The molecule has 0 spiro atoms. The van der Waals surface area contributed by atoms with Gasteiger partial charge in [0.15, 0.2) is 0 Å². The molecule has 3 aromatic rings. The van der Waals surface area contributed by atoms with E-state index < -0.39 is 22.0 Å². The van der Waals surface area contributed by atoms with Crippen LogP contribution in [0.4, 0.5) is 0 Å². The Balaban J connectivity index is 1.97. The lowest BCUT2D eigenvalue weighted by atomic mass is 10.00. The lowest BCUT2D eigenvalue weighted by molar-refractivity contribution is 0.1000. The number of rotatable bonds is 6. The molecule has 0 fully saturated rings. The van der Waals surface area contributed by atoms with Gasteiger partial charge in [0, 0.05) is 5.56 Å². The molecule has 3 rings (SSSR count). The zero-order chi connectivity index (χ0) is 18.6. The van der Waals surface area contributed by atoms with Crippen molar-refractivity contribution in [3.05, 3.63) is 102 Å². The van der Waals surface area contributed by atoms with Crippen LogP contribution in [0.5, 0.6) is 0 Å². The van der Waals surface area contributed by atoms with E-state index in [0.29, 0.717) is 0 Å². The molecule has 0 aromatic heterocycles. The number of benzene rings is 3. The molecular weight excluding hydrogens is 348 g/mol. The van der Waals surface area contributed by atoms with E-state index >= 15 is 0 Å². The Morgan fingerprint density at radius 1 is 0.769 bits per heavy atom. The second-order valence-electron chi connectivity index (χ2n) is 5.76. The van der Waals surface area contributed by atoms with Gasteiger partial charge in [-0.1, -0.05) is 60.7 Å². The fourth-order valence-corrected chi connectivity index (χ4v) is 3.85. The van der Waals surface area contributed by atoms with Gasteiger partial charge in [-0.25, -0.2) is 8.42 Å². The molecule has 132 valence electrons. The van der Waals surface area contributed by atoms with Crippen LogP contribution < -0.4 is 10.5 Å². The van der Waals surface area contributed by atoms with E-state index in [1.54, 1.807) is 0 Å². The average molecular weight is 366 g/mol. The SMILES string of the molecule is NC(=O)c1ccc(S(=O)(=O)NC(c2ccccc2)c2ccccc2)cc1. The predicted octanol–water partition coefficient (Wildman–Crippen LogP) is 2.85. The van der Waals surface area contributed by atoms with Crippen LogP contribution >= 0.6 is 0 Å². The number of carbonyl (C=O) groups excluding carboxylic acids is 1. The number of hydrogen-bond donors (Lipinski definition) is 2. The largest absolute Gasteiger partial charge is 0.366 e. The molecule has 0 radical (unpaired) electrons. The van der Waals surface area contributed by atoms with Gasteiger partial charge in [0.25, 0.3) is 0 Å². The van der Waals surface area contributed by atoms with Gasteiger partial charge in [-0.05, 0) is 35.4 Å². The van der Waals surface area contributed by atoms with Crippen LogP contribution in [0.2, 0.25) is 0 Å². The first-order valence-corrected chi connectivity index (χ1v) is 9.48. The first-order valence-electron chi connectivity index (χ1n) is 7.99. The second-order valence-corrected chi connectivity index (χ2v) is 7.48. The first kappa shape index (κ1) is 17.8. The number of amides is 1. The zero-order valence-electron chi connectivity index (χ0n) is 13.9. The summed E-state index contributed by atoms with van der Waals surface area (Å²) in [6.45, 7) is 0. The summed E-state index contributed by atoms with van der Waals surface area (Å²) in [5.41, 5.74) is 7.12. The van der Waals surface area contributed by atoms with Crippen molar-refractivity contribution < 1.29 is 13.2 Å². The Hall–Kier alpha value is -2.96. The van der Waals surface area contributed by atoms with Crippen molar-refractivity contribution in [2.24, 2.45) is 5.73 Å². The molecule has 0 aliphatic rings. The maximum Gasteiger partial charge on any atom is 0.248 e. The van der Waals surface area contributed by atoms with Crippen molar-refractivity contribution in [3.8, 4) is 0 Å². The number of hydrogen-bond acceptors (Lipinski definition) is 3. The lowest BCUT2D eigenvalue weighted by Crippen LogP contribution is -2.29. The van der Waals surface area contributed by atoms with Crippen molar-refractivity contribution in [1.82, 2.24) is 4.72 Å². The molecular formula is C20H18N2O3S. The quantitative estimate of drug-likeness (QED) is 0.703. The summed E-state index contributed by atoms with van der Waals surface area (Å²) >= 11 is 0. The average Bonchev–Trinajstić information content (AvgIpc) is 2.67. The van der Waals surface area contributed by atoms with E-state index in [9.17, 15) is 13.2 Å². The highest BCUT2D eigenvalue weighted by Gasteiger charge is 2.22. The molecule has 0 unspecified atom stereocenters. The molecule has 5 nitrogen and oxygen atoms in total. The van der Waals surface area contributed by atoms with Gasteiger partial charge in [0.2, 0.25) is 15.9 Å². The standard InChI is InChI=1S/C20H18N2O3S/c21-20(23)17-11-13-18(14-12-17)26(24,25)22-19(15-7-3-1-4-8-15)16-9-5-2-6-10-16/h1-14,19,22H,(H2,21,23). The van der Waals surface area contributed by atoms with E-state index in [-0.39, 0.29) is 10.5 Å². The topological polar surface area (TPSA) is 89.3 Å². The van der Waals surface area contributed by atoms with Crippen molar-refractivity contribution in [1.29, 1.82) is 0 Å². The van der Waals surface area contributed by atoms with Crippen LogP contribution in [0.15, 0.2) is 89.8 Å². The third-order valence-electron chi connectivity index (χ3n) is 3.99. The minimum absolute atomic E-state index is 0.0689. The van der Waals surface area contributed by atoms with Crippen LogP contribution in [-0.4, -0.2) is 14.3 Å². The van der Waals surface area contributed by atoms with E-state index in [1.165, 1.54) is 24.3 Å². The molecule has 0 heterocycles. The fourth-order valence-electron chi connectivity index (χ4n) is 2.64. The Kier molecular flexibility index (Phi) is 5.16. The first-order chi connectivity index (χ1) is 12.5. The van der Waals surface area contributed by atoms with Crippen molar-refractivity contribution in [3.63, 3.8) is 0 Å². The lowest BCUT2D eigenvalue weighted by Gasteiger charge is -2.20. The number of nitrogens with two attached hydrogens (primary N) is 1. The van der Waals surface area contributed by atoms with Gasteiger partial charge < -0.3 is 5.73 Å². The van der Waals surface area contributed by atoms with Crippen LogP contribution in [-0.2, 0) is 10.0 Å². The minimum Gasteiger partial charge on any atom is -0.366 e. The number of nitrogens with one attached hydrogen (secondary N) is 1. The molecule has 3 N–H and O–H groups in total. The zero-order valence-corrected chi connectivity index (χ0v) is 14.7. The van der Waals surface area contributed by atoms with Gasteiger partial charge in [0.05, 0.1) is 10.9 Å². The van der Waals surface area contributed by atoms with Gasteiger partial charge >= 0.3 is 0 Å². The third-order valence-corrected chi connectivity index (χ3v) is 5.43. The second kappa shape index (κ2) is 7.51. The predicted molar refractivity (Wildman–Crippen MR) is 100 cm³/mol. The van der Waals surface area contributed by atoms with Crippen LogP contribution in [0, 0.1) is 0 Å². The molecule has 6 heteroatoms. The number of sulfonamides is 1. The summed E-state index contributed by atoms with van der Waals surface area (Å²) in [7, 11) is -3.80. The maximum atomic E-state index is 12.8. The van der Waals surface area contributed by atoms with E-state index in [0.717, 1.165) is 11.1 Å². The van der Waals surface area contributed by atoms with Crippen molar-refractivity contribution in [2.75, 3.05) is 0 Å². The van der Waals surface area contributed by atoms with E-state index in [1.807, 2.05) is 60.7 Å². The molecule has 0 saturated heterocycles. The molecule has 26 heavy (non-hydrogen) atoms. The fraction of sp³-hybridized carbons (Fsp3) is 0.0500. The highest BCUT2D eigenvalue weighted by molar-refractivity contribution is 7.89. The van der Waals surface area contributed by atoms with Gasteiger partial charge in [-0.2, -0.15) is 4.72 Å². The summed E-state index contributed by atoms with van der Waals surface area (Å²) in [6.07, 6.45) is 0. The molecule has 0 aliphatic heterocycles. The van der Waals surface area contributed by atoms with Crippen LogP contribution in [0.3, 0.4) is 0 Å². The summed E-state index contributed by atoms with van der Waals surface area (Å²) in [4.78, 5) is 11.2. The van der Waals surface area contributed by atoms with Gasteiger partial charge in [-0.3, -0.25) is 4.79 Å². The summed E-state index contributed by atoms with van der Waals surface area (Å²) < 4.78 is 28.4. The molecule has 1 amide bonds. The van der Waals surface area contributed by atoms with Crippen LogP contribution in [0.25, 0.3) is 0 Å². The summed E-state index contributed by atoms with van der Waals surface area (Å²) in [6, 6.07) is 23.7. The molecule has 3 aromatic carbocycles. The molecule has 0 aliphatic carbocycles. The molecule has 0 bridgehead atoms. The minimum atomic E-state index is -3.80. The Bertz CT molecular complexity index is 947. The van der Waals surface area contributed by atoms with Gasteiger partial charge in [0.1, 0.15) is 0 Å². The monoisotopic (exact) mass is 366 g/mol. The summed E-state index contributed by atoms with van der Waals surface area (Å²) in [5.74, 6) is -0.603. The Labute approximate surface area is 152 Å². The maximum absolute atomic E-state index is 12.8. The smallest absolute Gasteiger partial charge is 0.248 e. The van der Waals surface area contributed by atoms with Crippen LogP contribution in [0.1, 0.15) is 27.5 Å². The highest BCUT2D eigenvalue weighted by atomic mass is 32.2. The van der Waals surface area contributed by atoms with Crippen molar-refractivity contribution >= 4 is 15.9 Å². The molecule has 0 atom stereocenters. The summed E-state index contributed by atoms with van der Waals surface area (Å²) in [5, 5.41) is 0. The molecule has 0 saturated carbocycles. The number of primary amides is 1. The van der Waals surface area contributed by atoms with Gasteiger partial charge in [-0.15, -0.1) is 0 Å². The third kappa shape index (κ3) is 3.99. The normalized spacial score (nSPS) is 11.4. The van der Waals surface area contributed by atoms with Crippen molar-refractivity contribution in [2.45, 2.75) is 10.9 Å². The highest BCUT2D eigenvalue weighted by Crippen LogP contribution is 2.24. The Morgan fingerprint density at radius 3 is 1.65 bits per heavy atom. The number of carbonyl (C=O) groups is 1. The van der Waals surface area contributed by atoms with E-state index in [2.05, 4.69) is 4.72 Å².